The van der Waals surface area contributed by atoms with Crippen LogP contribution in [0.2, 0.25) is 0 Å². The molecule has 3 N–H and O–H groups in total. The summed E-state index contributed by atoms with van der Waals surface area (Å²) in [6.07, 6.45) is 2.57. The van der Waals surface area contributed by atoms with Crippen LogP contribution >= 0.6 is 0 Å². The van der Waals surface area contributed by atoms with Gasteiger partial charge in [-0.3, -0.25) is 4.79 Å². The Morgan fingerprint density at radius 2 is 1.81 bits per heavy atom. The second-order valence-corrected chi connectivity index (χ2v) is 10.4. The number of methoxy groups -OCH3 is 1. The van der Waals surface area contributed by atoms with Crippen molar-refractivity contribution in [1.82, 2.24) is 4.98 Å². The van der Waals surface area contributed by atoms with E-state index in [0.29, 0.717) is 34.0 Å². The highest BCUT2D eigenvalue weighted by atomic mass is 16.5. The molecule has 0 aliphatic heterocycles. The van der Waals surface area contributed by atoms with Gasteiger partial charge in [0.05, 0.1) is 36.2 Å². The molecule has 0 bridgehead atoms. The first-order valence-electron chi connectivity index (χ1n) is 12.4. The van der Waals surface area contributed by atoms with Gasteiger partial charge in [0.2, 0.25) is 0 Å². The highest BCUT2D eigenvalue weighted by molar-refractivity contribution is 5.96. The number of nitrogens with two attached hydrogens (primary N) is 1. The average molecular weight is 500 g/mol. The molecule has 37 heavy (non-hydrogen) atoms. The fraction of sp³-hybridized carbons (Fsp3) is 0.367. The number of Topliss-reactive ketones (excluding diaryl/α,β-unsaturated/α-hetero) is 1. The molecular formula is C30H33N3O4. The Balaban J connectivity index is 1.56. The summed E-state index contributed by atoms with van der Waals surface area (Å²) < 4.78 is 11.3. The number of nitriles is 1. The number of carbonyl (C=O) groups is 1. The summed E-state index contributed by atoms with van der Waals surface area (Å²) >= 11 is 0. The van der Waals surface area contributed by atoms with E-state index in [9.17, 15) is 9.90 Å². The number of aromatic nitrogens is 1. The number of hydrogen-bond acceptors (Lipinski definition) is 7. The average Bonchev–Trinajstić information content (AvgIpc) is 3.71. The van der Waals surface area contributed by atoms with E-state index in [2.05, 4.69) is 6.07 Å². The number of rotatable bonds is 10. The second-order valence-electron chi connectivity index (χ2n) is 10.4. The zero-order chi connectivity index (χ0) is 26.8. The summed E-state index contributed by atoms with van der Waals surface area (Å²) in [4.78, 5) is 17.8. The molecule has 1 saturated carbocycles. The van der Waals surface area contributed by atoms with Gasteiger partial charge in [-0.15, -0.1) is 0 Å². The van der Waals surface area contributed by atoms with E-state index < -0.39 is 11.1 Å². The second kappa shape index (κ2) is 10.3. The Labute approximate surface area is 217 Å². The maximum atomic E-state index is 13.0. The summed E-state index contributed by atoms with van der Waals surface area (Å²) in [5, 5.41) is 20.5. The van der Waals surface area contributed by atoms with Crippen molar-refractivity contribution < 1.29 is 19.4 Å². The van der Waals surface area contributed by atoms with E-state index in [4.69, 9.17) is 25.5 Å². The summed E-state index contributed by atoms with van der Waals surface area (Å²) in [6, 6.07) is 18.1. The fourth-order valence-electron chi connectivity index (χ4n) is 3.98. The number of carbonyl (C=O) groups excluding carboxylic acids is 1. The lowest BCUT2D eigenvalue weighted by molar-refractivity contribution is 0.0396. The molecule has 1 fully saturated rings. The molecule has 1 aliphatic carbocycles. The number of aliphatic hydroxyl groups is 1. The van der Waals surface area contributed by atoms with Crippen molar-refractivity contribution in [3.8, 4) is 28.8 Å². The topological polar surface area (TPSA) is 118 Å². The minimum atomic E-state index is -1.38. The van der Waals surface area contributed by atoms with Gasteiger partial charge in [-0.1, -0.05) is 12.1 Å². The normalized spacial score (nSPS) is 14.9. The first-order chi connectivity index (χ1) is 17.5. The van der Waals surface area contributed by atoms with E-state index in [-0.39, 0.29) is 24.7 Å². The largest absolute Gasteiger partial charge is 0.493 e. The molecule has 1 atom stereocenters. The molecular weight excluding hydrogens is 466 g/mol. The number of nitrogens with zero attached hydrogens (tertiary/aromatic N) is 2. The first-order valence-corrected chi connectivity index (χ1v) is 12.4. The first kappa shape index (κ1) is 26.3. The van der Waals surface area contributed by atoms with Crippen molar-refractivity contribution in [1.29, 1.82) is 5.26 Å². The predicted molar refractivity (Wildman–Crippen MR) is 141 cm³/mol. The minimum absolute atomic E-state index is 0.112. The Kier molecular flexibility index (Phi) is 7.35. The van der Waals surface area contributed by atoms with E-state index in [1.165, 1.54) is 0 Å². The van der Waals surface area contributed by atoms with Crippen molar-refractivity contribution in [3.05, 3.63) is 77.0 Å². The summed E-state index contributed by atoms with van der Waals surface area (Å²) in [6.45, 7) is 5.43. The standard InChI is InChI=1S/C30H33N3O4/c1-29(2,32)22-16-24(20-7-5-19(18-31)6-8-20)33-28(17-22)30(3,35)14-13-25(34)21-9-12-26(27(15-21)36-4)37-23-10-11-23/h5-9,12,15-17,23,35H,10-11,13-14,32H2,1-4H3. The van der Waals surface area contributed by atoms with Crippen molar-refractivity contribution >= 4 is 5.78 Å². The fourth-order valence-corrected chi connectivity index (χ4v) is 3.98. The molecule has 1 aliphatic rings. The lowest BCUT2D eigenvalue weighted by atomic mass is 9.88. The highest BCUT2D eigenvalue weighted by Gasteiger charge is 2.29. The number of ketones is 1. The van der Waals surface area contributed by atoms with Gasteiger partial charge < -0.3 is 20.3 Å². The molecule has 0 saturated heterocycles. The third-order valence-electron chi connectivity index (χ3n) is 6.57. The summed E-state index contributed by atoms with van der Waals surface area (Å²) in [5.41, 5.74) is 8.08. The predicted octanol–water partition coefficient (Wildman–Crippen LogP) is 5.23. The SMILES string of the molecule is COc1cc(C(=O)CCC(C)(O)c2cc(C(C)(C)N)cc(-c3ccc(C#N)cc3)n2)ccc1OC1CC1. The Morgan fingerprint density at radius 1 is 1.11 bits per heavy atom. The highest BCUT2D eigenvalue weighted by Crippen LogP contribution is 2.35. The van der Waals surface area contributed by atoms with Gasteiger partial charge in [0.25, 0.3) is 0 Å². The monoisotopic (exact) mass is 499 g/mol. The molecule has 7 heteroatoms. The lowest BCUT2D eigenvalue weighted by Crippen LogP contribution is -2.31. The van der Waals surface area contributed by atoms with Crippen LogP contribution in [-0.2, 0) is 11.1 Å². The molecule has 1 aromatic heterocycles. The van der Waals surface area contributed by atoms with Crippen molar-refractivity contribution in [3.63, 3.8) is 0 Å². The van der Waals surface area contributed by atoms with E-state index >= 15 is 0 Å². The molecule has 0 amide bonds. The molecule has 3 aromatic rings. The third kappa shape index (κ3) is 6.34. The van der Waals surface area contributed by atoms with E-state index in [1.807, 2.05) is 32.0 Å². The van der Waals surface area contributed by atoms with Crippen LogP contribution in [0.1, 0.15) is 73.6 Å². The zero-order valence-electron chi connectivity index (χ0n) is 21.7. The van der Waals surface area contributed by atoms with Crippen molar-refractivity contribution in [2.45, 2.75) is 63.7 Å². The number of ether oxygens (including phenoxy) is 2. The van der Waals surface area contributed by atoms with Crippen LogP contribution in [0, 0.1) is 11.3 Å². The van der Waals surface area contributed by atoms with Gasteiger partial charge in [0, 0.05) is 23.1 Å². The van der Waals surface area contributed by atoms with E-state index in [1.54, 1.807) is 50.4 Å². The van der Waals surface area contributed by atoms with Gasteiger partial charge >= 0.3 is 0 Å². The Morgan fingerprint density at radius 3 is 2.41 bits per heavy atom. The Bertz CT molecular complexity index is 1330. The number of hydrogen-bond donors (Lipinski definition) is 2. The van der Waals surface area contributed by atoms with Crippen LogP contribution in [0.15, 0.2) is 54.6 Å². The zero-order valence-corrected chi connectivity index (χ0v) is 21.7. The van der Waals surface area contributed by atoms with Crippen LogP contribution in [0.4, 0.5) is 0 Å². The number of benzene rings is 2. The maximum absolute atomic E-state index is 13.0. The van der Waals surface area contributed by atoms with Crippen LogP contribution in [0.5, 0.6) is 11.5 Å². The van der Waals surface area contributed by atoms with Crippen molar-refractivity contribution in [2.24, 2.45) is 5.73 Å². The minimum Gasteiger partial charge on any atom is -0.493 e. The smallest absolute Gasteiger partial charge is 0.163 e. The van der Waals surface area contributed by atoms with Gasteiger partial charge in [-0.2, -0.15) is 5.26 Å². The Hall–Kier alpha value is -3.73. The number of pyridine rings is 1. The van der Waals surface area contributed by atoms with Gasteiger partial charge in [-0.25, -0.2) is 4.98 Å². The van der Waals surface area contributed by atoms with Crippen LogP contribution in [-0.4, -0.2) is 29.1 Å². The third-order valence-corrected chi connectivity index (χ3v) is 6.57. The van der Waals surface area contributed by atoms with E-state index in [0.717, 1.165) is 24.0 Å². The lowest BCUT2D eigenvalue weighted by Gasteiger charge is -2.27. The summed E-state index contributed by atoms with van der Waals surface area (Å²) in [7, 11) is 1.55. The molecule has 4 rings (SSSR count). The maximum Gasteiger partial charge on any atom is 0.163 e. The van der Waals surface area contributed by atoms with Gasteiger partial charge in [0.1, 0.15) is 5.60 Å². The molecule has 0 spiro atoms. The van der Waals surface area contributed by atoms with Gasteiger partial charge in [-0.05, 0) is 88.1 Å². The molecule has 2 aromatic carbocycles. The van der Waals surface area contributed by atoms with Crippen molar-refractivity contribution in [2.75, 3.05) is 7.11 Å². The van der Waals surface area contributed by atoms with Crippen LogP contribution in [0.3, 0.4) is 0 Å². The van der Waals surface area contributed by atoms with Crippen LogP contribution in [0.25, 0.3) is 11.3 Å². The van der Waals surface area contributed by atoms with Gasteiger partial charge in [0.15, 0.2) is 17.3 Å². The van der Waals surface area contributed by atoms with Crippen LogP contribution < -0.4 is 15.2 Å². The quantitative estimate of drug-likeness (QED) is 0.366. The molecule has 1 unspecified atom stereocenters. The molecule has 192 valence electrons. The molecule has 0 radical (unpaired) electrons. The summed E-state index contributed by atoms with van der Waals surface area (Å²) in [5.74, 6) is 1.05. The molecule has 7 nitrogen and oxygen atoms in total. The molecule has 1 heterocycles.